The Kier molecular flexibility index (Phi) is 2.63. The SMILES string of the molecule is COc1c(N)c(C)cc2sc(N(C)C)nc12. The lowest BCUT2D eigenvalue weighted by Crippen LogP contribution is -2.07. The first kappa shape index (κ1) is 11.0. The number of hydrogen-bond acceptors (Lipinski definition) is 5. The lowest BCUT2D eigenvalue weighted by Gasteiger charge is -2.07. The highest BCUT2D eigenvalue weighted by atomic mass is 32.1. The molecule has 0 spiro atoms. The van der Waals surface area contributed by atoms with E-state index in [1.165, 1.54) is 0 Å². The summed E-state index contributed by atoms with van der Waals surface area (Å²) in [4.78, 5) is 6.51. The summed E-state index contributed by atoms with van der Waals surface area (Å²) in [7, 11) is 5.57. The Hall–Kier alpha value is -1.49. The molecule has 0 unspecified atom stereocenters. The molecule has 0 atom stereocenters. The zero-order valence-electron chi connectivity index (χ0n) is 9.87. The van der Waals surface area contributed by atoms with Gasteiger partial charge in [0.25, 0.3) is 0 Å². The van der Waals surface area contributed by atoms with Crippen molar-refractivity contribution in [1.29, 1.82) is 0 Å². The molecule has 16 heavy (non-hydrogen) atoms. The summed E-state index contributed by atoms with van der Waals surface area (Å²) >= 11 is 1.64. The third kappa shape index (κ3) is 1.57. The molecular formula is C11H15N3OS. The number of anilines is 2. The fraction of sp³-hybridized carbons (Fsp3) is 0.364. The fourth-order valence-electron chi connectivity index (χ4n) is 1.56. The summed E-state index contributed by atoms with van der Waals surface area (Å²) in [5, 5.41) is 0.957. The monoisotopic (exact) mass is 237 g/mol. The molecule has 1 heterocycles. The van der Waals surface area contributed by atoms with Crippen LogP contribution in [-0.2, 0) is 0 Å². The fourth-order valence-corrected chi connectivity index (χ4v) is 2.55. The van der Waals surface area contributed by atoms with Gasteiger partial charge in [0.1, 0.15) is 5.52 Å². The van der Waals surface area contributed by atoms with Crippen LogP contribution in [-0.4, -0.2) is 26.2 Å². The molecule has 0 aliphatic rings. The van der Waals surface area contributed by atoms with Crippen LogP contribution in [0.1, 0.15) is 5.56 Å². The van der Waals surface area contributed by atoms with Crippen LogP contribution in [0.2, 0.25) is 0 Å². The van der Waals surface area contributed by atoms with E-state index in [-0.39, 0.29) is 0 Å². The quantitative estimate of drug-likeness (QED) is 0.814. The summed E-state index contributed by atoms with van der Waals surface area (Å²) < 4.78 is 6.44. The van der Waals surface area contributed by atoms with Gasteiger partial charge in [0, 0.05) is 14.1 Å². The van der Waals surface area contributed by atoms with Gasteiger partial charge < -0.3 is 15.4 Å². The molecule has 5 heteroatoms. The van der Waals surface area contributed by atoms with Gasteiger partial charge in [-0.2, -0.15) is 0 Å². The maximum atomic E-state index is 5.97. The standard InChI is InChI=1S/C11H15N3OS/c1-6-5-7-9(10(15-4)8(6)12)13-11(16-7)14(2)3/h5H,12H2,1-4H3. The number of nitrogens with two attached hydrogens (primary N) is 1. The van der Waals surface area contributed by atoms with Crippen LogP contribution in [0.3, 0.4) is 0 Å². The molecule has 4 nitrogen and oxygen atoms in total. The average molecular weight is 237 g/mol. The number of nitrogens with zero attached hydrogens (tertiary/aromatic N) is 2. The molecule has 0 saturated carbocycles. The van der Waals surface area contributed by atoms with E-state index < -0.39 is 0 Å². The molecule has 0 saturated heterocycles. The lowest BCUT2D eigenvalue weighted by atomic mass is 10.2. The molecule has 86 valence electrons. The minimum absolute atomic E-state index is 0.672. The molecule has 0 aliphatic carbocycles. The predicted molar refractivity (Wildman–Crippen MR) is 69.6 cm³/mol. The molecule has 1 aromatic carbocycles. The van der Waals surface area contributed by atoms with Crippen LogP contribution in [0.4, 0.5) is 10.8 Å². The molecule has 0 bridgehead atoms. The number of aryl methyl sites for hydroxylation is 1. The summed E-state index contributed by atoms with van der Waals surface area (Å²) in [6.07, 6.45) is 0. The van der Waals surface area contributed by atoms with Crippen LogP contribution in [0.25, 0.3) is 10.2 Å². The number of fused-ring (bicyclic) bond motifs is 1. The lowest BCUT2D eigenvalue weighted by molar-refractivity contribution is 0.421. The Bertz CT molecular complexity index is 533. The number of methoxy groups -OCH3 is 1. The molecule has 0 fully saturated rings. The predicted octanol–water partition coefficient (Wildman–Crippen LogP) is 2.26. The maximum Gasteiger partial charge on any atom is 0.186 e. The third-order valence-corrected chi connectivity index (χ3v) is 3.63. The van der Waals surface area contributed by atoms with Gasteiger partial charge in [0.2, 0.25) is 0 Å². The third-order valence-electron chi connectivity index (χ3n) is 2.46. The molecule has 2 rings (SSSR count). The normalized spacial score (nSPS) is 10.8. The van der Waals surface area contributed by atoms with Crippen molar-refractivity contribution in [2.24, 2.45) is 0 Å². The van der Waals surface area contributed by atoms with E-state index in [1.807, 2.05) is 25.9 Å². The van der Waals surface area contributed by atoms with Crippen LogP contribution < -0.4 is 15.4 Å². The molecule has 0 amide bonds. The van der Waals surface area contributed by atoms with Crippen molar-refractivity contribution in [3.63, 3.8) is 0 Å². The summed E-state index contributed by atoms with van der Waals surface area (Å²) in [6.45, 7) is 1.98. The van der Waals surface area contributed by atoms with E-state index in [0.717, 1.165) is 20.9 Å². The Morgan fingerprint density at radius 1 is 1.44 bits per heavy atom. The number of ether oxygens (including phenoxy) is 1. The first-order chi connectivity index (χ1) is 7.54. The van der Waals surface area contributed by atoms with E-state index in [0.29, 0.717) is 11.4 Å². The van der Waals surface area contributed by atoms with Crippen molar-refractivity contribution >= 4 is 32.4 Å². The van der Waals surface area contributed by atoms with Gasteiger partial charge in [-0.25, -0.2) is 4.98 Å². The smallest absolute Gasteiger partial charge is 0.186 e. The molecule has 2 N–H and O–H groups in total. The van der Waals surface area contributed by atoms with Gasteiger partial charge in [-0.15, -0.1) is 0 Å². The van der Waals surface area contributed by atoms with Crippen molar-refractivity contribution in [3.05, 3.63) is 11.6 Å². The number of hydrogen-bond donors (Lipinski definition) is 1. The van der Waals surface area contributed by atoms with Gasteiger partial charge in [-0.3, -0.25) is 0 Å². The van der Waals surface area contributed by atoms with Crippen molar-refractivity contribution in [3.8, 4) is 5.75 Å². The van der Waals surface area contributed by atoms with E-state index >= 15 is 0 Å². The van der Waals surface area contributed by atoms with Gasteiger partial charge in [0.15, 0.2) is 10.9 Å². The van der Waals surface area contributed by atoms with Crippen molar-refractivity contribution in [1.82, 2.24) is 4.98 Å². The van der Waals surface area contributed by atoms with Crippen LogP contribution >= 0.6 is 11.3 Å². The second kappa shape index (κ2) is 3.83. The van der Waals surface area contributed by atoms with Gasteiger partial charge in [0.05, 0.1) is 17.5 Å². The molecule has 2 aromatic rings. The first-order valence-electron chi connectivity index (χ1n) is 4.95. The molecule has 1 aromatic heterocycles. The molecule has 0 aliphatic heterocycles. The van der Waals surface area contributed by atoms with Crippen molar-refractivity contribution in [2.45, 2.75) is 6.92 Å². The van der Waals surface area contributed by atoms with E-state index in [9.17, 15) is 0 Å². The molecule has 0 radical (unpaired) electrons. The summed E-state index contributed by atoms with van der Waals surface area (Å²) in [6, 6.07) is 2.05. The first-order valence-corrected chi connectivity index (χ1v) is 5.77. The molecular weight excluding hydrogens is 222 g/mol. The highest BCUT2D eigenvalue weighted by molar-refractivity contribution is 7.22. The average Bonchev–Trinajstić information content (AvgIpc) is 2.63. The zero-order chi connectivity index (χ0) is 11.9. The zero-order valence-corrected chi connectivity index (χ0v) is 10.7. The maximum absolute atomic E-state index is 5.97. The minimum Gasteiger partial charge on any atom is -0.492 e. The van der Waals surface area contributed by atoms with E-state index in [2.05, 4.69) is 11.1 Å². The second-order valence-corrected chi connectivity index (χ2v) is 4.89. The number of thiazole rings is 1. The number of rotatable bonds is 2. The van der Waals surface area contributed by atoms with Gasteiger partial charge >= 0.3 is 0 Å². The summed E-state index contributed by atoms with van der Waals surface area (Å²) in [5.74, 6) is 0.680. The highest BCUT2D eigenvalue weighted by Crippen LogP contribution is 2.38. The van der Waals surface area contributed by atoms with Crippen molar-refractivity contribution < 1.29 is 4.74 Å². The number of aromatic nitrogens is 1. The second-order valence-electron chi connectivity index (χ2n) is 3.88. The largest absolute Gasteiger partial charge is 0.492 e. The summed E-state index contributed by atoms with van der Waals surface area (Å²) in [5.41, 5.74) is 8.52. The number of benzene rings is 1. The Labute approximate surface area is 98.6 Å². The van der Waals surface area contributed by atoms with Gasteiger partial charge in [-0.1, -0.05) is 11.3 Å². The highest BCUT2D eigenvalue weighted by Gasteiger charge is 2.14. The number of nitrogen functional groups attached to an aromatic ring is 1. The van der Waals surface area contributed by atoms with E-state index in [4.69, 9.17) is 10.5 Å². The Morgan fingerprint density at radius 2 is 2.12 bits per heavy atom. The Morgan fingerprint density at radius 3 is 2.69 bits per heavy atom. The van der Waals surface area contributed by atoms with Crippen molar-refractivity contribution in [2.75, 3.05) is 31.8 Å². The van der Waals surface area contributed by atoms with Crippen LogP contribution in [0.5, 0.6) is 5.75 Å². The topological polar surface area (TPSA) is 51.4 Å². The van der Waals surface area contributed by atoms with Crippen LogP contribution in [0.15, 0.2) is 6.07 Å². The Balaban J connectivity index is 2.76. The minimum atomic E-state index is 0.672. The van der Waals surface area contributed by atoms with E-state index in [1.54, 1.807) is 18.4 Å². The van der Waals surface area contributed by atoms with Gasteiger partial charge in [-0.05, 0) is 18.6 Å². The van der Waals surface area contributed by atoms with Crippen LogP contribution in [0, 0.1) is 6.92 Å².